The molecule has 0 bridgehead atoms. The van der Waals surface area contributed by atoms with Crippen LogP contribution in [0.4, 0.5) is 0 Å². The normalized spacial score (nSPS) is 10.2. The van der Waals surface area contributed by atoms with Gasteiger partial charge in [-0.15, -0.1) is 0 Å². The fraction of sp³-hybridized carbons (Fsp3) is 0.0833. The highest BCUT2D eigenvalue weighted by molar-refractivity contribution is 7.08. The van der Waals surface area contributed by atoms with Crippen LogP contribution in [0, 0.1) is 6.92 Å². The number of aromatic carboxylic acids is 1. The molecule has 2 nitrogen and oxygen atoms in total. The van der Waals surface area contributed by atoms with Crippen molar-refractivity contribution in [1.29, 1.82) is 0 Å². The highest BCUT2D eigenvalue weighted by atomic mass is 32.1. The maximum absolute atomic E-state index is 11.1. The Labute approximate surface area is 91.8 Å². The Kier molecular flexibility index (Phi) is 2.56. The van der Waals surface area contributed by atoms with Crippen LogP contribution in [-0.2, 0) is 0 Å². The van der Waals surface area contributed by atoms with Crippen molar-refractivity contribution in [2.24, 2.45) is 0 Å². The second kappa shape index (κ2) is 3.87. The van der Waals surface area contributed by atoms with Crippen molar-refractivity contribution in [3.8, 4) is 11.1 Å². The number of carbonyl (C=O) groups is 1. The topological polar surface area (TPSA) is 37.3 Å². The summed E-state index contributed by atoms with van der Waals surface area (Å²) in [6.45, 7) is 1.89. The first-order valence-corrected chi connectivity index (χ1v) is 5.49. The summed E-state index contributed by atoms with van der Waals surface area (Å²) in [5.74, 6) is -0.875. The van der Waals surface area contributed by atoms with E-state index in [9.17, 15) is 4.79 Å². The molecule has 1 heterocycles. The summed E-state index contributed by atoms with van der Waals surface area (Å²) in [5, 5.41) is 13.0. The van der Waals surface area contributed by atoms with E-state index >= 15 is 0 Å². The number of carboxylic acid groups (broad SMARTS) is 1. The molecule has 0 aliphatic rings. The molecule has 1 aromatic carbocycles. The molecule has 0 saturated carbocycles. The Morgan fingerprint density at radius 1 is 1.33 bits per heavy atom. The van der Waals surface area contributed by atoms with E-state index in [1.807, 2.05) is 35.9 Å². The van der Waals surface area contributed by atoms with Crippen molar-refractivity contribution < 1.29 is 9.90 Å². The van der Waals surface area contributed by atoms with Crippen LogP contribution >= 0.6 is 11.3 Å². The standard InChI is InChI=1S/C12H10O2S/c1-8-2-3-10(9-4-5-15-7-9)11(6-8)12(13)14/h2-7H,1H3,(H,13,14). The zero-order valence-corrected chi connectivity index (χ0v) is 9.04. The van der Waals surface area contributed by atoms with Crippen LogP contribution in [0.3, 0.4) is 0 Å². The van der Waals surface area contributed by atoms with E-state index in [0.717, 1.165) is 16.7 Å². The SMILES string of the molecule is Cc1ccc(-c2ccsc2)c(C(=O)O)c1. The van der Waals surface area contributed by atoms with E-state index in [4.69, 9.17) is 5.11 Å². The molecule has 2 aromatic rings. The van der Waals surface area contributed by atoms with Gasteiger partial charge in [0.2, 0.25) is 0 Å². The van der Waals surface area contributed by atoms with Crippen LogP contribution in [0.2, 0.25) is 0 Å². The fourth-order valence-electron chi connectivity index (χ4n) is 1.50. The number of benzene rings is 1. The summed E-state index contributed by atoms with van der Waals surface area (Å²) < 4.78 is 0. The predicted octanol–water partition coefficient (Wildman–Crippen LogP) is 3.42. The first-order valence-electron chi connectivity index (χ1n) is 4.55. The lowest BCUT2D eigenvalue weighted by Crippen LogP contribution is -1.99. The minimum Gasteiger partial charge on any atom is -0.478 e. The van der Waals surface area contributed by atoms with Crippen molar-refractivity contribution in [1.82, 2.24) is 0 Å². The van der Waals surface area contributed by atoms with Gasteiger partial charge in [-0.05, 0) is 40.9 Å². The largest absolute Gasteiger partial charge is 0.478 e. The van der Waals surface area contributed by atoms with Gasteiger partial charge in [0.15, 0.2) is 0 Å². The van der Waals surface area contributed by atoms with Gasteiger partial charge >= 0.3 is 5.97 Å². The van der Waals surface area contributed by atoms with E-state index in [1.54, 1.807) is 17.4 Å². The highest BCUT2D eigenvalue weighted by Crippen LogP contribution is 2.26. The molecule has 0 aliphatic heterocycles. The quantitative estimate of drug-likeness (QED) is 0.838. The molecule has 0 radical (unpaired) electrons. The van der Waals surface area contributed by atoms with E-state index < -0.39 is 5.97 Å². The predicted molar refractivity (Wildman–Crippen MR) is 61.5 cm³/mol. The summed E-state index contributed by atoms with van der Waals surface area (Å²) in [6, 6.07) is 7.43. The monoisotopic (exact) mass is 218 g/mol. The summed E-state index contributed by atoms with van der Waals surface area (Å²) in [5.41, 5.74) is 3.09. The summed E-state index contributed by atoms with van der Waals surface area (Å²) in [7, 11) is 0. The molecule has 0 aliphatic carbocycles. The third-order valence-corrected chi connectivity index (χ3v) is 2.92. The summed E-state index contributed by atoms with van der Waals surface area (Å²) in [4.78, 5) is 11.1. The minimum atomic E-state index is -0.875. The van der Waals surface area contributed by atoms with Crippen molar-refractivity contribution >= 4 is 17.3 Å². The molecular formula is C12H10O2S. The Balaban J connectivity index is 2.61. The first-order chi connectivity index (χ1) is 7.18. The summed E-state index contributed by atoms with van der Waals surface area (Å²) >= 11 is 1.57. The van der Waals surface area contributed by atoms with E-state index in [0.29, 0.717) is 5.56 Å². The van der Waals surface area contributed by atoms with Gasteiger partial charge in [0, 0.05) is 0 Å². The molecule has 0 fully saturated rings. The van der Waals surface area contributed by atoms with Crippen molar-refractivity contribution in [2.75, 3.05) is 0 Å². The van der Waals surface area contributed by atoms with Gasteiger partial charge < -0.3 is 5.11 Å². The Hall–Kier alpha value is -1.61. The zero-order chi connectivity index (χ0) is 10.8. The number of rotatable bonds is 2. The maximum atomic E-state index is 11.1. The Bertz CT molecular complexity index is 486. The van der Waals surface area contributed by atoms with Crippen molar-refractivity contribution in [2.45, 2.75) is 6.92 Å². The molecule has 15 heavy (non-hydrogen) atoms. The van der Waals surface area contributed by atoms with Crippen LogP contribution in [0.5, 0.6) is 0 Å². The smallest absolute Gasteiger partial charge is 0.336 e. The number of carboxylic acids is 1. The average Bonchev–Trinajstić information content (AvgIpc) is 2.70. The van der Waals surface area contributed by atoms with Crippen LogP contribution in [-0.4, -0.2) is 11.1 Å². The average molecular weight is 218 g/mol. The van der Waals surface area contributed by atoms with E-state index in [2.05, 4.69) is 0 Å². The second-order valence-electron chi connectivity index (χ2n) is 3.37. The van der Waals surface area contributed by atoms with Gasteiger partial charge in [0.1, 0.15) is 0 Å². The molecule has 1 aromatic heterocycles. The molecule has 76 valence electrons. The first kappa shape index (κ1) is 9.93. The number of aryl methyl sites for hydroxylation is 1. The Morgan fingerprint density at radius 3 is 2.73 bits per heavy atom. The van der Waals surface area contributed by atoms with Gasteiger partial charge in [0.25, 0.3) is 0 Å². The Morgan fingerprint density at radius 2 is 2.13 bits per heavy atom. The molecule has 0 unspecified atom stereocenters. The third kappa shape index (κ3) is 1.92. The van der Waals surface area contributed by atoms with Crippen LogP contribution < -0.4 is 0 Å². The van der Waals surface area contributed by atoms with Crippen LogP contribution in [0.1, 0.15) is 15.9 Å². The van der Waals surface area contributed by atoms with Crippen LogP contribution in [0.15, 0.2) is 35.0 Å². The molecule has 0 spiro atoms. The lowest BCUT2D eigenvalue weighted by atomic mass is 10.0. The van der Waals surface area contributed by atoms with E-state index in [-0.39, 0.29) is 0 Å². The zero-order valence-electron chi connectivity index (χ0n) is 8.23. The number of hydrogen-bond acceptors (Lipinski definition) is 2. The molecule has 1 N–H and O–H groups in total. The van der Waals surface area contributed by atoms with Gasteiger partial charge in [-0.25, -0.2) is 4.79 Å². The van der Waals surface area contributed by atoms with Gasteiger partial charge in [-0.3, -0.25) is 0 Å². The minimum absolute atomic E-state index is 0.369. The lowest BCUT2D eigenvalue weighted by molar-refractivity contribution is 0.0697. The van der Waals surface area contributed by atoms with Gasteiger partial charge in [-0.1, -0.05) is 17.7 Å². The van der Waals surface area contributed by atoms with Gasteiger partial charge in [0.05, 0.1) is 5.56 Å². The fourth-order valence-corrected chi connectivity index (χ4v) is 2.16. The molecule has 0 amide bonds. The molecule has 3 heteroatoms. The molecule has 2 rings (SSSR count). The molecule has 0 atom stereocenters. The lowest BCUT2D eigenvalue weighted by Gasteiger charge is -2.04. The van der Waals surface area contributed by atoms with E-state index in [1.165, 1.54) is 0 Å². The maximum Gasteiger partial charge on any atom is 0.336 e. The second-order valence-corrected chi connectivity index (χ2v) is 4.15. The van der Waals surface area contributed by atoms with Crippen molar-refractivity contribution in [3.05, 3.63) is 46.2 Å². The van der Waals surface area contributed by atoms with Crippen LogP contribution in [0.25, 0.3) is 11.1 Å². The highest BCUT2D eigenvalue weighted by Gasteiger charge is 2.11. The van der Waals surface area contributed by atoms with Gasteiger partial charge in [-0.2, -0.15) is 11.3 Å². The molecule has 0 saturated heterocycles. The van der Waals surface area contributed by atoms with Crippen molar-refractivity contribution in [3.63, 3.8) is 0 Å². The summed E-state index contributed by atoms with van der Waals surface area (Å²) in [6.07, 6.45) is 0. The third-order valence-electron chi connectivity index (χ3n) is 2.24. The number of thiophene rings is 1. The molecular weight excluding hydrogens is 208 g/mol. The number of hydrogen-bond donors (Lipinski definition) is 1.